The maximum Gasteiger partial charge on any atom is 0.295 e. The molecule has 1 N–H and O–H groups in total. The van der Waals surface area contributed by atoms with E-state index in [-0.39, 0.29) is 36.4 Å². The lowest BCUT2D eigenvalue weighted by atomic mass is 9.69. The van der Waals surface area contributed by atoms with Crippen molar-refractivity contribution in [2.75, 3.05) is 32.7 Å². The second kappa shape index (κ2) is 6.98. The molecule has 0 aromatic rings. The Morgan fingerprint density at radius 1 is 1.19 bits per heavy atom. The Bertz CT molecular complexity index is 675. The number of piperidine rings is 1. The Labute approximate surface area is 149 Å². The number of carbonyl (C=O) groups excluding carboxylic acids is 2. The molecule has 26 heavy (non-hydrogen) atoms. The number of likely N-dealkylation sites (tertiary alicyclic amines) is 1. The molecule has 2 rings (SSSR count). The van der Waals surface area contributed by atoms with Crippen molar-refractivity contribution in [3.8, 4) is 0 Å². The van der Waals surface area contributed by atoms with Crippen molar-refractivity contribution in [1.82, 2.24) is 4.90 Å². The fourth-order valence-corrected chi connectivity index (χ4v) is 4.17. The monoisotopic (exact) mass is 370 g/mol. The molecule has 1 heterocycles. The molecular weight excluding hydrogens is 348 g/mol. The zero-order chi connectivity index (χ0) is 19.7. The molecule has 1 fully saturated rings. The standard InChI is InChI=1S/C15H22N4O7/c1-3-17(4-2)13(22)11-5-14(18(23)24)8-15(6-11,19(25)26)10-16(9-14)7-12(20)21/h5H,3-4,6-10H2,1-2H3,(H,20,21)/t14-,15+/m0/s1. The third-order valence-electron chi connectivity index (χ3n) is 5.20. The molecular formula is C15H22N4O7. The van der Waals surface area contributed by atoms with Gasteiger partial charge in [0, 0.05) is 34.6 Å². The number of hydrogen-bond acceptors (Lipinski definition) is 7. The van der Waals surface area contributed by atoms with Crippen LogP contribution in [0.15, 0.2) is 11.6 Å². The predicted molar refractivity (Wildman–Crippen MR) is 85.3 cm³/mol. The molecule has 0 aromatic heterocycles. The van der Waals surface area contributed by atoms with E-state index >= 15 is 0 Å². The smallest absolute Gasteiger partial charge is 0.295 e. The van der Waals surface area contributed by atoms with Gasteiger partial charge in [0.15, 0.2) is 6.54 Å². The van der Waals surface area contributed by atoms with Crippen molar-refractivity contribution in [2.45, 2.75) is 37.8 Å². The van der Waals surface area contributed by atoms with Crippen LogP contribution in [-0.4, -0.2) is 70.4 Å². The van der Waals surface area contributed by atoms with Gasteiger partial charge in [0.05, 0.1) is 12.4 Å². The summed E-state index contributed by atoms with van der Waals surface area (Å²) in [5.74, 6) is -1.88. The highest BCUT2D eigenvalue weighted by molar-refractivity contribution is 5.94. The van der Waals surface area contributed by atoms with E-state index in [2.05, 4.69) is 0 Å². The van der Waals surface area contributed by atoms with E-state index in [0.29, 0.717) is 13.1 Å². The van der Waals surface area contributed by atoms with Gasteiger partial charge in [-0.25, -0.2) is 0 Å². The van der Waals surface area contributed by atoms with Crippen molar-refractivity contribution in [2.24, 2.45) is 0 Å². The Morgan fingerprint density at radius 3 is 2.27 bits per heavy atom. The number of nitro groups is 2. The number of carbonyl (C=O) groups is 2. The largest absolute Gasteiger partial charge is 0.544 e. The molecule has 1 saturated heterocycles. The number of carboxylic acid groups (broad SMARTS) is 1. The van der Waals surface area contributed by atoms with E-state index in [1.807, 2.05) is 0 Å². The number of carboxylic acids is 1. The molecule has 0 spiro atoms. The number of nitrogens with zero attached hydrogens (tertiary/aromatic N) is 3. The topological polar surface area (TPSA) is 151 Å². The van der Waals surface area contributed by atoms with Crippen LogP contribution in [-0.2, 0) is 9.59 Å². The van der Waals surface area contributed by atoms with Crippen LogP contribution < -0.4 is 10.0 Å². The van der Waals surface area contributed by atoms with Crippen LogP contribution >= 0.6 is 0 Å². The van der Waals surface area contributed by atoms with E-state index in [0.717, 1.165) is 0 Å². The third-order valence-corrected chi connectivity index (χ3v) is 5.20. The average Bonchev–Trinajstić information content (AvgIpc) is 2.54. The second-order valence-corrected chi connectivity index (χ2v) is 7.00. The van der Waals surface area contributed by atoms with Crippen LogP contribution in [0, 0.1) is 20.2 Å². The van der Waals surface area contributed by atoms with Gasteiger partial charge in [-0.15, -0.1) is 0 Å². The molecule has 2 bridgehead atoms. The fourth-order valence-electron chi connectivity index (χ4n) is 4.17. The molecule has 1 amide bonds. The first-order chi connectivity index (χ1) is 12.1. The van der Waals surface area contributed by atoms with Crippen LogP contribution in [0.4, 0.5) is 0 Å². The van der Waals surface area contributed by atoms with Gasteiger partial charge in [-0.3, -0.25) is 25.0 Å². The lowest BCUT2D eigenvalue weighted by Crippen LogP contribution is -3.19. The highest BCUT2D eigenvalue weighted by Gasteiger charge is 2.67. The van der Waals surface area contributed by atoms with Crippen molar-refractivity contribution < 1.29 is 29.4 Å². The van der Waals surface area contributed by atoms with Gasteiger partial charge in [-0.2, -0.15) is 0 Å². The van der Waals surface area contributed by atoms with Crippen molar-refractivity contribution in [3.05, 3.63) is 31.9 Å². The summed E-state index contributed by atoms with van der Waals surface area (Å²) in [6.07, 6.45) is 0.608. The van der Waals surface area contributed by atoms with Crippen LogP contribution in [0.2, 0.25) is 0 Å². The van der Waals surface area contributed by atoms with Gasteiger partial charge in [0.1, 0.15) is 19.5 Å². The summed E-state index contributed by atoms with van der Waals surface area (Å²) in [6.45, 7) is 3.27. The minimum absolute atomic E-state index is 0.0563. The van der Waals surface area contributed by atoms with E-state index < -0.39 is 39.3 Å². The van der Waals surface area contributed by atoms with Gasteiger partial charge < -0.3 is 19.7 Å². The van der Waals surface area contributed by atoms with Crippen LogP contribution in [0.25, 0.3) is 0 Å². The number of aliphatic carboxylic acids is 1. The molecule has 1 aliphatic heterocycles. The van der Waals surface area contributed by atoms with E-state index in [9.17, 15) is 34.9 Å². The first-order valence-electron chi connectivity index (χ1n) is 8.42. The van der Waals surface area contributed by atoms with Crippen LogP contribution in [0.3, 0.4) is 0 Å². The maximum absolute atomic E-state index is 12.7. The Hall–Kier alpha value is -2.56. The van der Waals surface area contributed by atoms with Gasteiger partial charge in [0.25, 0.3) is 11.1 Å². The van der Waals surface area contributed by atoms with Crippen molar-refractivity contribution >= 4 is 11.9 Å². The van der Waals surface area contributed by atoms with Crippen LogP contribution in [0.5, 0.6) is 0 Å². The minimum Gasteiger partial charge on any atom is -0.544 e. The molecule has 1 aliphatic carbocycles. The number of likely N-dealkylation sites (N-methyl/N-ethyl adjacent to an activating group) is 1. The van der Waals surface area contributed by atoms with E-state index in [1.165, 1.54) is 11.0 Å². The van der Waals surface area contributed by atoms with Crippen molar-refractivity contribution in [3.63, 3.8) is 0 Å². The number of hydrogen-bond donors (Lipinski definition) is 1. The molecule has 144 valence electrons. The summed E-state index contributed by atoms with van der Waals surface area (Å²) < 4.78 is 0. The Morgan fingerprint density at radius 2 is 1.81 bits per heavy atom. The molecule has 2 aliphatic rings. The molecule has 0 radical (unpaired) electrons. The zero-order valence-corrected chi connectivity index (χ0v) is 14.7. The average molecular weight is 370 g/mol. The molecule has 0 saturated carbocycles. The summed E-state index contributed by atoms with van der Waals surface area (Å²) in [5.41, 5.74) is -3.53. The molecule has 3 atom stereocenters. The van der Waals surface area contributed by atoms with Gasteiger partial charge in [-0.05, 0) is 13.8 Å². The van der Waals surface area contributed by atoms with Gasteiger partial charge in [-0.1, -0.05) is 0 Å². The number of amides is 1. The SMILES string of the molecule is CCN(CC)C(=O)C1=C[C@@]2([N+](=O)[O-])C[NH+](CC(=O)[O-])C[C@@]([N+](=O)[O-])(C1)C2. The summed E-state index contributed by atoms with van der Waals surface area (Å²) in [5, 5.41) is 34.5. The maximum atomic E-state index is 12.7. The summed E-state index contributed by atoms with van der Waals surface area (Å²) >= 11 is 0. The minimum atomic E-state index is -1.84. The highest BCUT2D eigenvalue weighted by Crippen LogP contribution is 2.39. The number of fused-ring (bicyclic) bond motifs is 2. The summed E-state index contributed by atoms with van der Waals surface area (Å²) in [6, 6.07) is 0. The zero-order valence-electron chi connectivity index (χ0n) is 14.7. The van der Waals surface area contributed by atoms with Gasteiger partial charge >= 0.3 is 0 Å². The second-order valence-electron chi connectivity index (χ2n) is 7.00. The highest BCUT2D eigenvalue weighted by atomic mass is 16.6. The molecule has 1 unspecified atom stereocenters. The van der Waals surface area contributed by atoms with Gasteiger partial charge in [0.2, 0.25) is 5.91 Å². The summed E-state index contributed by atoms with van der Waals surface area (Å²) in [7, 11) is 0. The van der Waals surface area contributed by atoms with E-state index in [4.69, 9.17) is 0 Å². The number of nitrogens with one attached hydrogen (secondary N) is 1. The molecule has 11 nitrogen and oxygen atoms in total. The summed E-state index contributed by atoms with van der Waals surface area (Å²) in [4.78, 5) is 47.7. The fraction of sp³-hybridized carbons (Fsp3) is 0.733. The third kappa shape index (κ3) is 3.39. The number of rotatable bonds is 7. The Balaban J connectivity index is 2.53. The lowest BCUT2D eigenvalue weighted by molar-refractivity contribution is -0.938. The molecule has 0 aromatic carbocycles. The Kier molecular flexibility index (Phi) is 5.31. The van der Waals surface area contributed by atoms with E-state index in [1.54, 1.807) is 13.8 Å². The van der Waals surface area contributed by atoms with Crippen molar-refractivity contribution in [1.29, 1.82) is 0 Å². The van der Waals surface area contributed by atoms with Crippen LogP contribution in [0.1, 0.15) is 26.7 Å². The molecule has 11 heteroatoms. The number of quaternary nitrogens is 1. The lowest BCUT2D eigenvalue weighted by Gasteiger charge is -2.43. The predicted octanol–water partition coefficient (Wildman–Crippen LogP) is -2.75. The normalized spacial score (nSPS) is 30.2. The first kappa shape index (κ1) is 19.8. The quantitative estimate of drug-likeness (QED) is 0.377. The first-order valence-corrected chi connectivity index (χ1v) is 8.42.